The van der Waals surface area contributed by atoms with Gasteiger partial charge in [0.1, 0.15) is 5.60 Å². The average Bonchev–Trinajstić information content (AvgIpc) is 2.58. The van der Waals surface area contributed by atoms with E-state index in [1.807, 2.05) is 57.2 Å². The van der Waals surface area contributed by atoms with Gasteiger partial charge in [0, 0.05) is 32.7 Å². The molecule has 0 saturated heterocycles. The van der Waals surface area contributed by atoms with Crippen LogP contribution in [0.4, 0.5) is 5.69 Å². The fourth-order valence-corrected chi connectivity index (χ4v) is 1.99. The molecule has 1 atom stereocenters. The first-order valence-electron chi connectivity index (χ1n) is 8.03. The Kier molecular flexibility index (Phi) is 11.0. The van der Waals surface area contributed by atoms with Crippen LogP contribution >= 0.6 is 0 Å². The largest absolute Gasteiger partial charge is 0.380 e. The maximum absolute atomic E-state index is 12.2. The molecular weight excluding hydrogens is 375 g/mol. The van der Waals surface area contributed by atoms with Crippen molar-refractivity contribution in [1.82, 2.24) is 0 Å². The summed E-state index contributed by atoms with van der Waals surface area (Å²) < 4.78 is 0. The first kappa shape index (κ1) is 23.0. The van der Waals surface area contributed by atoms with Crippen molar-refractivity contribution in [1.29, 1.82) is 0 Å². The van der Waals surface area contributed by atoms with Crippen molar-refractivity contribution in [3.05, 3.63) is 65.7 Å². The van der Waals surface area contributed by atoms with E-state index in [1.165, 1.54) is 0 Å². The molecule has 0 bridgehead atoms. The van der Waals surface area contributed by atoms with Crippen LogP contribution in [-0.4, -0.2) is 16.6 Å². The molecule has 0 saturated carbocycles. The van der Waals surface area contributed by atoms with Gasteiger partial charge in [-0.25, -0.2) is 0 Å². The van der Waals surface area contributed by atoms with Crippen molar-refractivity contribution in [2.75, 3.05) is 5.32 Å². The molecule has 4 heteroatoms. The van der Waals surface area contributed by atoms with Crippen molar-refractivity contribution in [2.24, 2.45) is 0 Å². The van der Waals surface area contributed by atoms with Crippen LogP contribution in [0.5, 0.6) is 0 Å². The summed E-state index contributed by atoms with van der Waals surface area (Å²) in [4.78, 5) is 12.2. The van der Waals surface area contributed by atoms with Crippen LogP contribution in [0, 0.1) is 13.0 Å². The van der Waals surface area contributed by atoms with E-state index in [0.717, 1.165) is 11.1 Å². The topological polar surface area (TPSA) is 49.3 Å². The molecular formula is C20H26NO2Y-. The number of carbonyl (C=O) groups is 1. The minimum Gasteiger partial charge on any atom is -0.380 e. The van der Waals surface area contributed by atoms with Gasteiger partial charge in [0.15, 0.2) is 0 Å². The van der Waals surface area contributed by atoms with Crippen LogP contribution in [0.1, 0.15) is 38.3 Å². The fourth-order valence-electron chi connectivity index (χ4n) is 1.99. The maximum atomic E-state index is 12.2. The molecule has 0 unspecified atom stereocenters. The second kappa shape index (κ2) is 11.5. The Balaban J connectivity index is 0.00000170. The van der Waals surface area contributed by atoms with Crippen molar-refractivity contribution < 1.29 is 42.6 Å². The van der Waals surface area contributed by atoms with Gasteiger partial charge < -0.3 is 10.4 Å². The van der Waals surface area contributed by atoms with Gasteiger partial charge in [0.05, 0.1) is 0 Å². The molecule has 1 amide bonds. The molecule has 2 N–H and O–H groups in total. The van der Waals surface area contributed by atoms with E-state index in [-0.39, 0.29) is 32.7 Å². The quantitative estimate of drug-likeness (QED) is 0.740. The van der Waals surface area contributed by atoms with E-state index in [9.17, 15) is 9.90 Å². The molecule has 0 heterocycles. The minimum atomic E-state index is -1.40. The summed E-state index contributed by atoms with van der Waals surface area (Å²) >= 11 is 0. The van der Waals surface area contributed by atoms with E-state index < -0.39 is 11.5 Å². The zero-order chi connectivity index (χ0) is 17.3. The molecule has 2 aromatic rings. The van der Waals surface area contributed by atoms with Crippen LogP contribution in [0.25, 0.3) is 0 Å². The maximum Gasteiger partial charge on any atom is 0.245 e. The summed E-state index contributed by atoms with van der Waals surface area (Å²) in [6.45, 7) is 7.48. The molecule has 2 aromatic carbocycles. The number of rotatable bonds is 5. The molecule has 127 valence electrons. The van der Waals surface area contributed by atoms with Gasteiger partial charge in [-0.1, -0.05) is 56.8 Å². The number of anilines is 1. The zero-order valence-electron chi connectivity index (χ0n) is 15.0. The third-order valence-electron chi connectivity index (χ3n) is 3.46. The first-order chi connectivity index (χ1) is 11.0. The van der Waals surface area contributed by atoms with Crippen LogP contribution in [-0.2, 0) is 43.9 Å². The summed E-state index contributed by atoms with van der Waals surface area (Å²) in [5.74, 6) is -0.393. The molecule has 0 aliphatic rings. The van der Waals surface area contributed by atoms with E-state index in [0.29, 0.717) is 18.5 Å². The standard InChI is InChI=1S/C18H20NO2.C2H6.Y/c1-14-8-10-16(11-9-14)19-17(20)18(2,21)13-12-15-6-4-3-5-7-15;1-2;/h3-8,10-11,21H,12-13H2,1-2H3,(H,19,20);1-2H3;/q-1;;/t18-;;/m0../s1. The molecule has 0 fully saturated rings. The van der Waals surface area contributed by atoms with Crippen molar-refractivity contribution in [3.63, 3.8) is 0 Å². The fraction of sp³-hybridized carbons (Fsp3) is 0.350. The van der Waals surface area contributed by atoms with Crippen LogP contribution in [0.2, 0.25) is 0 Å². The average molecular weight is 401 g/mol. The number of carbonyl (C=O) groups excluding carboxylic acids is 1. The molecule has 0 aliphatic carbocycles. The van der Waals surface area contributed by atoms with Gasteiger partial charge in [-0.3, -0.25) is 4.79 Å². The molecule has 24 heavy (non-hydrogen) atoms. The van der Waals surface area contributed by atoms with Gasteiger partial charge >= 0.3 is 0 Å². The minimum absolute atomic E-state index is 0. The number of amides is 1. The number of aliphatic hydroxyl groups is 1. The predicted molar refractivity (Wildman–Crippen MR) is 95.4 cm³/mol. The van der Waals surface area contributed by atoms with Crippen molar-refractivity contribution in [3.8, 4) is 0 Å². The van der Waals surface area contributed by atoms with Gasteiger partial charge in [0.25, 0.3) is 0 Å². The first-order valence-corrected chi connectivity index (χ1v) is 8.03. The van der Waals surface area contributed by atoms with Gasteiger partial charge in [0.2, 0.25) is 5.91 Å². The number of nitrogens with one attached hydrogen (secondary N) is 1. The van der Waals surface area contributed by atoms with Crippen molar-refractivity contribution in [2.45, 2.75) is 46.1 Å². The number of hydrogen-bond donors (Lipinski definition) is 2. The van der Waals surface area contributed by atoms with E-state index in [2.05, 4.69) is 11.4 Å². The summed E-state index contributed by atoms with van der Waals surface area (Å²) in [6, 6.07) is 18.2. The molecule has 0 aliphatic heterocycles. The monoisotopic (exact) mass is 401 g/mol. The SMILES string of the molecule is CC.Cc1[c-]cc(NC(=O)[C@@](C)(O)CCc2ccccc2)cc1.[Y]. The molecule has 3 nitrogen and oxygen atoms in total. The Morgan fingerprint density at radius 1 is 1.17 bits per heavy atom. The zero-order valence-corrected chi connectivity index (χ0v) is 17.8. The molecule has 2 rings (SSSR count). The van der Waals surface area contributed by atoms with Gasteiger partial charge in [-0.15, -0.1) is 6.07 Å². The smallest absolute Gasteiger partial charge is 0.245 e. The van der Waals surface area contributed by atoms with Crippen LogP contribution < -0.4 is 5.32 Å². The Hall–Kier alpha value is -1.03. The molecule has 0 aromatic heterocycles. The van der Waals surface area contributed by atoms with Gasteiger partial charge in [-0.05, 0) is 25.3 Å². The van der Waals surface area contributed by atoms with Crippen molar-refractivity contribution >= 4 is 11.6 Å². The summed E-state index contributed by atoms with van der Waals surface area (Å²) in [5, 5.41) is 13.1. The van der Waals surface area contributed by atoms with E-state index >= 15 is 0 Å². The predicted octanol–water partition coefficient (Wildman–Crippen LogP) is 4.14. The number of aryl methyl sites for hydroxylation is 2. The second-order valence-corrected chi connectivity index (χ2v) is 5.47. The van der Waals surface area contributed by atoms with E-state index in [1.54, 1.807) is 19.1 Å². The summed E-state index contributed by atoms with van der Waals surface area (Å²) in [7, 11) is 0. The van der Waals surface area contributed by atoms with E-state index in [4.69, 9.17) is 0 Å². The summed E-state index contributed by atoms with van der Waals surface area (Å²) in [6.07, 6.45) is 1.03. The Labute approximate surface area is 170 Å². The number of hydrogen-bond acceptors (Lipinski definition) is 2. The number of benzene rings is 2. The molecule has 0 spiro atoms. The Morgan fingerprint density at radius 3 is 2.33 bits per heavy atom. The van der Waals surface area contributed by atoms with Gasteiger partial charge in [-0.2, -0.15) is 23.8 Å². The summed E-state index contributed by atoms with van der Waals surface area (Å²) in [5.41, 5.74) is 1.35. The normalized spacial score (nSPS) is 12.0. The Bertz CT molecular complexity index is 595. The van der Waals surface area contributed by atoms with Crippen LogP contribution in [0.3, 0.4) is 0 Å². The molecule has 1 radical (unpaired) electrons. The third kappa shape index (κ3) is 7.70. The second-order valence-electron chi connectivity index (χ2n) is 5.47. The third-order valence-corrected chi connectivity index (χ3v) is 3.46. The van der Waals surface area contributed by atoms with Crippen LogP contribution in [0.15, 0.2) is 48.5 Å². The Morgan fingerprint density at radius 2 is 1.79 bits per heavy atom.